The van der Waals surface area contributed by atoms with Crippen molar-refractivity contribution in [2.75, 3.05) is 43.1 Å². The van der Waals surface area contributed by atoms with Gasteiger partial charge in [0.15, 0.2) is 5.03 Å². The van der Waals surface area contributed by atoms with Crippen LogP contribution in [0.1, 0.15) is 31.7 Å². The van der Waals surface area contributed by atoms with Gasteiger partial charge in [0.1, 0.15) is 11.6 Å². The molecule has 1 aliphatic rings. The number of aryl methyl sites for hydroxylation is 1. The molecule has 4 aromatic rings. The molecule has 224 valence electrons. The molecule has 1 fully saturated rings. The van der Waals surface area contributed by atoms with Gasteiger partial charge in [-0.2, -0.15) is 8.42 Å². The molecule has 1 aliphatic carbocycles. The Hall–Kier alpha value is -3.81. The molecule has 3 aromatic heterocycles. The fourth-order valence-corrected chi connectivity index (χ4v) is 5.94. The van der Waals surface area contributed by atoms with Crippen molar-refractivity contribution in [3.63, 3.8) is 0 Å². The zero-order chi connectivity index (χ0) is 30.1. The Labute approximate surface area is 246 Å². The lowest BCUT2D eigenvalue weighted by Gasteiger charge is -2.26. The third-order valence-electron chi connectivity index (χ3n) is 7.62. The highest BCUT2D eigenvalue weighted by Crippen LogP contribution is 2.39. The molecule has 3 atom stereocenters. The van der Waals surface area contributed by atoms with Crippen LogP contribution >= 0.6 is 0 Å². The Morgan fingerprint density at radius 3 is 2.55 bits per heavy atom. The van der Waals surface area contributed by atoms with E-state index in [4.69, 9.17) is 19.9 Å². The average Bonchev–Trinajstić information content (AvgIpc) is 3.33. The molecule has 0 amide bonds. The van der Waals surface area contributed by atoms with Gasteiger partial charge in [-0.3, -0.25) is 4.31 Å². The minimum Gasteiger partial charge on any atom is -0.419 e. The summed E-state index contributed by atoms with van der Waals surface area (Å²) in [5.41, 5.74) is 7.29. The molecule has 2 unspecified atom stereocenters. The number of nitrogens with zero attached hydrogens (tertiary/aromatic N) is 7. The predicted octanol–water partition coefficient (Wildman–Crippen LogP) is 3.22. The molecule has 2 N–H and O–H groups in total. The highest BCUT2D eigenvalue weighted by molar-refractivity contribution is 7.92. The number of rotatable bonds is 13. The second-order valence-corrected chi connectivity index (χ2v) is 13.2. The van der Waals surface area contributed by atoms with Crippen molar-refractivity contribution in [1.82, 2.24) is 24.7 Å². The van der Waals surface area contributed by atoms with Crippen LogP contribution in [0.15, 0.2) is 64.4 Å². The molecule has 13 heteroatoms. The molecule has 0 saturated heterocycles. The zero-order valence-electron chi connectivity index (χ0n) is 24.6. The number of ether oxygens (including phenoxy) is 1. The molecule has 0 aliphatic heterocycles. The van der Waals surface area contributed by atoms with Crippen LogP contribution in [0.25, 0.3) is 11.5 Å². The Morgan fingerprint density at radius 1 is 1.19 bits per heavy atom. The smallest absolute Gasteiger partial charge is 0.284 e. The van der Waals surface area contributed by atoms with Gasteiger partial charge in [-0.1, -0.05) is 37.3 Å². The first kappa shape index (κ1) is 29.7. The fourth-order valence-electron chi connectivity index (χ4n) is 4.84. The van der Waals surface area contributed by atoms with Gasteiger partial charge in [0.2, 0.25) is 11.8 Å². The maximum atomic E-state index is 13.5. The number of anilines is 2. The lowest BCUT2D eigenvalue weighted by Crippen LogP contribution is -2.35. The summed E-state index contributed by atoms with van der Waals surface area (Å²) < 4.78 is 41.2. The number of aromatic nitrogens is 5. The molecule has 5 rings (SSSR count). The van der Waals surface area contributed by atoms with E-state index in [1.807, 2.05) is 43.3 Å². The van der Waals surface area contributed by atoms with E-state index in [1.165, 1.54) is 19.6 Å². The monoisotopic (exact) mass is 594 g/mol. The molecular weight excluding hydrogens is 556 g/mol. The largest absolute Gasteiger partial charge is 0.419 e. The van der Waals surface area contributed by atoms with Crippen LogP contribution in [0.5, 0.6) is 0 Å². The molecule has 1 aromatic carbocycles. The number of nitrogens with two attached hydrogens (primary N) is 1. The first-order valence-electron chi connectivity index (χ1n) is 13.9. The van der Waals surface area contributed by atoms with Gasteiger partial charge in [-0.25, -0.2) is 9.97 Å². The third-order valence-corrected chi connectivity index (χ3v) is 9.27. The van der Waals surface area contributed by atoms with Gasteiger partial charge in [0.25, 0.3) is 10.0 Å². The minimum atomic E-state index is -3.99. The Morgan fingerprint density at radius 2 is 1.90 bits per heavy atom. The van der Waals surface area contributed by atoms with Gasteiger partial charge in [0, 0.05) is 46.1 Å². The van der Waals surface area contributed by atoms with Crippen LogP contribution in [0, 0.1) is 11.8 Å². The fraction of sp³-hybridized carbons (Fsp3) is 0.448. The first-order valence-corrected chi connectivity index (χ1v) is 15.3. The number of imidazole rings is 1. The summed E-state index contributed by atoms with van der Waals surface area (Å²) in [5.74, 6) is 2.42. The van der Waals surface area contributed by atoms with E-state index < -0.39 is 15.6 Å². The Kier molecular flexibility index (Phi) is 8.35. The van der Waals surface area contributed by atoms with Gasteiger partial charge >= 0.3 is 0 Å². The van der Waals surface area contributed by atoms with E-state index in [9.17, 15) is 8.42 Å². The van der Waals surface area contributed by atoms with Crippen LogP contribution in [0.4, 0.5) is 11.6 Å². The maximum absolute atomic E-state index is 13.5. The maximum Gasteiger partial charge on any atom is 0.284 e. The zero-order valence-corrected chi connectivity index (χ0v) is 25.5. The standard InChI is InChI=1S/C29H38N8O4S/c1-20-13-23(20)17-37(11-12-40-5)25-15-22(14-24(32-25)36(4)42(38,39)26-18-35(3)19-31-26)27-33-34-28(41-27)29(2,30)16-21-9-7-6-8-10-21/h6-10,14-15,18-20,23H,11-13,16-17,30H2,1-5H3/t20?,23?,29-/m1/s1. The Bertz CT molecular complexity index is 1620. The summed E-state index contributed by atoms with van der Waals surface area (Å²) >= 11 is 0. The lowest BCUT2D eigenvalue weighted by molar-refractivity contribution is 0.204. The summed E-state index contributed by atoms with van der Waals surface area (Å²) in [4.78, 5) is 11.0. The second-order valence-electron chi connectivity index (χ2n) is 11.3. The SMILES string of the molecule is COCCN(CC1CC1C)c1cc(-c2nnc([C@](C)(N)Cc3ccccc3)o2)cc(N(C)S(=O)(=O)c2cn(C)cn2)n1. The number of hydrogen-bond donors (Lipinski definition) is 1. The highest BCUT2D eigenvalue weighted by Gasteiger charge is 2.35. The molecular formula is C29H38N8O4S. The normalized spacial score (nSPS) is 18.0. The van der Waals surface area contributed by atoms with Crippen molar-refractivity contribution in [2.24, 2.45) is 24.6 Å². The summed E-state index contributed by atoms with van der Waals surface area (Å²) in [7, 11) is 0.831. The van der Waals surface area contributed by atoms with Crippen molar-refractivity contribution >= 4 is 21.7 Å². The van der Waals surface area contributed by atoms with E-state index >= 15 is 0 Å². The van der Waals surface area contributed by atoms with Crippen molar-refractivity contribution in [3.05, 3.63) is 66.4 Å². The van der Waals surface area contributed by atoms with Crippen LogP contribution < -0.4 is 14.9 Å². The van der Waals surface area contributed by atoms with E-state index in [0.717, 1.165) is 22.8 Å². The van der Waals surface area contributed by atoms with Crippen molar-refractivity contribution in [3.8, 4) is 11.5 Å². The number of hydrogen-bond acceptors (Lipinski definition) is 10. The van der Waals surface area contributed by atoms with E-state index in [1.54, 1.807) is 24.8 Å². The quantitative estimate of drug-likeness (QED) is 0.245. The predicted molar refractivity (Wildman–Crippen MR) is 159 cm³/mol. The molecule has 0 spiro atoms. The van der Waals surface area contributed by atoms with Crippen molar-refractivity contribution in [2.45, 2.75) is 37.3 Å². The number of pyridine rings is 1. The molecule has 12 nitrogen and oxygen atoms in total. The number of benzene rings is 1. The second kappa shape index (κ2) is 11.8. The molecule has 0 bridgehead atoms. The van der Waals surface area contributed by atoms with Gasteiger partial charge in [0.05, 0.1) is 18.5 Å². The first-order chi connectivity index (χ1) is 20.0. The van der Waals surface area contributed by atoms with Crippen LogP contribution in [0.2, 0.25) is 0 Å². The van der Waals surface area contributed by atoms with Gasteiger partial charge < -0.3 is 24.4 Å². The van der Waals surface area contributed by atoms with Crippen molar-refractivity contribution < 1.29 is 17.6 Å². The molecule has 3 heterocycles. The number of sulfonamides is 1. The van der Waals surface area contributed by atoms with Gasteiger partial charge in [-0.15, -0.1) is 10.2 Å². The summed E-state index contributed by atoms with van der Waals surface area (Å²) in [6.45, 7) is 5.90. The lowest BCUT2D eigenvalue weighted by atomic mass is 9.94. The minimum absolute atomic E-state index is 0.0795. The van der Waals surface area contributed by atoms with Crippen LogP contribution in [0.3, 0.4) is 0 Å². The highest BCUT2D eigenvalue weighted by atomic mass is 32.2. The third kappa shape index (κ3) is 6.48. The summed E-state index contributed by atoms with van der Waals surface area (Å²) in [5, 5.41) is 8.52. The average molecular weight is 595 g/mol. The van der Waals surface area contributed by atoms with Crippen molar-refractivity contribution in [1.29, 1.82) is 0 Å². The van der Waals surface area contributed by atoms with E-state index in [2.05, 4.69) is 27.0 Å². The molecule has 42 heavy (non-hydrogen) atoms. The van der Waals surface area contributed by atoms with Gasteiger partial charge in [-0.05, 0) is 49.3 Å². The molecule has 0 radical (unpaired) electrons. The summed E-state index contributed by atoms with van der Waals surface area (Å²) in [6, 6.07) is 13.3. The van der Waals surface area contributed by atoms with Crippen LogP contribution in [-0.4, -0.2) is 67.0 Å². The Balaban J connectivity index is 1.54. The molecule has 1 saturated carbocycles. The van der Waals surface area contributed by atoms with E-state index in [0.29, 0.717) is 42.8 Å². The van der Waals surface area contributed by atoms with E-state index in [-0.39, 0.29) is 22.6 Å². The number of methoxy groups -OCH3 is 1. The summed E-state index contributed by atoms with van der Waals surface area (Å²) in [6.07, 6.45) is 4.53. The van der Waals surface area contributed by atoms with Crippen LogP contribution in [-0.2, 0) is 33.8 Å². The topological polar surface area (TPSA) is 146 Å².